The van der Waals surface area contributed by atoms with Crippen LogP contribution in [0.4, 0.5) is 17.6 Å². The number of amides is 1. The zero-order chi connectivity index (χ0) is 17.3. The van der Waals surface area contributed by atoms with E-state index in [1.54, 1.807) is 18.2 Å². The zero-order valence-electron chi connectivity index (χ0n) is 12.6. The van der Waals surface area contributed by atoms with E-state index in [1.807, 2.05) is 0 Å². The first-order chi connectivity index (χ1) is 11.4. The number of carbonyl (C=O) groups is 1. The number of benzene rings is 2. The van der Waals surface area contributed by atoms with Gasteiger partial charge >= 0.3 is 6.18 Å². The monoisotopic (exact) mass is 337 g/mol. The molecule has 1 amide bonds. The van der Waals surface area contributed by atoms with Crippen LogP contribution in [0.15, 0.2) is 48.5 Å². The van der Waals surface area contributed by atoms with E-state index in [1.165, 1.54) is 24.3 Å². The highest BCUT2D eigenvalue weighted by molar-refractivity contribution is 5.83. The average molecular weight is 337 g/mol. The lowest BCUT2D eigenvalue weighted by atomic mass is 10.0. The fourth-order valence-electron chi connectivity index (χ4n) is 2.83. The van der Waals surface area contributed by atoms with Gasteiger partial charge in [-0.2, -0.15) is 13.2 Å². The van der Waals surface area contributed by atoms with Crippen molar-refractivity contribution in [2.24, 2.45) is 5.92 Å². The molecule has 126 valence electrons. The molecule has 2 aromatic carbocycles. The Labute approximate surface area is 136 Å². The van der Waals surface area contributed by atoms with Crippen molar-refractivity contribution >= 4 is 5.91 Å². The normalized spacial score (nSPS) is 19.8. The van der Waals surface area contributed by atoms with Gasteiger partial charge in [0.25, 0.3) is 0 Å². The molecule has 2 unspecified atom stereocenters. The van der Waals surface area contributed by atoms with Gasteiger partial charge in [-0.1, -0.05) is 30.3 Å². The van der Waals surface area contributed by atoms with E-state index >= 15 is 0 Å². The molecule has 1 fully saturated rings. The summed E-state index contributed by atoms with van der Waals surface area (Å²) in [5.74, 6) is -1.50. The summed E-state index contributed by atoms with van der Waals surface area (Å²) in [6.07, 6.45) is -4.02. The summed E-state index contributed by atoms with van der Waals surface area (Å²) in [6, 6.07) is 11.1. The third-order valence-electron chi connectivity index (χ3n) is 4.17. The number of halogens is 4. The molecule has 1 aliphatic rings. The summed E-state index contributed by atoms with van der Waals surface area (Å²) in [5, 5.41) is 2.70. The molecule has 0 saturated heterocycles. The molecule has 0 spiro atoms. The first-order valence-electron chi connectivity index (χ1n) is 7.54. The second-order valence-corrected chi connectivity index (χ2v) is 5.88. The average Bonchev–Trinajstić information content (AvgIpc) is 3.34. The van der Waals surface area contributed by atoms with Gasteiger partial charge in [0.2, 0.25) is 5.91 Å². The van der Waals surface area contributed by atoms with Crippen LogP contribution < -0.4 is 5.32 Å². The van der Waals surface area contributed by atoms with Gasteiger partial charge in [-0.3, -0.25) is 4.79 Å². The first kappa shape index (κ1) is 16.5. The summed E-state index contributed by atoms with van der Waals surface area (Å²) in [5.41, 5.74) is 0.230. The van der Waals surface area contributed by atoms with E-state index in [4.69, 9.17) is 0 Å². The predicted molar refractivity (Wildman–Crippen MR) is 80.5 cm³/mol. The molecular formula is C18H15F4NO. The summed E-state index contributed by atoms with van der Waals surface area (Å²) in [4.78, 5) is 12.1. The van der Waals surface area contributed by atoms with Crippen LogP contribution in [0.3, 0.4) is 0 Å². The van der Waals surface area contributed by atoms with Crippen molar-refractivity contribution in [3.8, 4) is 0 Å². The molecule has 2 aromatic rings. The Hall–Kier alpha value is -2.37. The lowest BCUT2D eigenvalue weighted by Crippen LogP contribution is -2.25. The molecule has 3 rings (SSSR count). The predicted octanol–water partition coefficient (Wildman–Crippen LogP) is 4.26. The lowest BCUT2D eigenvalue weighted by molar-refractivity contribution is -0.138. The van der Waals surface area contributed by atoms with Gasteiger partial charge in [0.15, 0.2) is 0 Å². The number of rotatable bonds is 4. The molecule has 24 heavy (non-hydrogen) atoms. The molecule has 1 aliphatic carbocycles. The maximum absolute atomic E-state index is 13.0. The molecule has 0 radical (unpaired) electrons. The maximum atomic E-state index is 13.0. The van der Waals surface area contributed by atoms with Crippen molar-refractivity contribution in [1.82, 2.24) is 5.32 Å². The standard InChI is InChI=1S/C18H15F4NO/c19-12-7-5-11(6-8-12)10-23-17(24)15-9-14(15)13-3-1-2-4-16(13)18(20,21)22/h1-8,14-15H,9-10H2,(H,23,24). The summed E-state index contributed by atoms with van der Waals surface area (Å²) in [6.45, 7) is 0.225. The second kappa shape index (κ2) is 6.26. The zero-order valence-corrected chi connectivity index (χ0v) is 12.6. The van der Waals surface area contributed by atoms with E-state index < -0.39 is 23.6 Å². The van der Waals surface area contributed by atoms with Crippen LogP contribution in [0.25, 0.3) is 0 Å². The molecule has 1 N–H and O–H groups in total. The van der Waals surface area contributed by atoms with E-state index in [0.29, 0.717) is 6.42 Å². The fourth-order valence-corrected chi connectivity index (χ4v) is 2.83. The Bertz CT molecular complexity index is 739. The number of nitrogens with one attached hydrogen (secondary N) is 1. The van der Waals surface area contributed by atoms with Crippen molar-refractivity contribution in [3.05, 3.63) is 71.0 Å². The van der Waals surface area contributed by atoms with Gasteiger partial charge in [0, 0.05) is 12.5 Å². The van der Waals surface area contributed by atoms with Gasteiger partial charge in [0.05, 0.1) is 5.56 Å². The Kier molecular flexibility index (Phi) is 4.30. The Balaban J connectivity index is 1.63. The molecule has 0 aliphatic heterocycles. The van der Waals surface area contributed by atoms with Crippen molar-refractivity contribution < 1.29 is 22.4 Å². The number of hydrogen-bond donors (Lipinski definition) is 1. The molecule has 2 nitrogen and oxygen atoms in total. The van der Waals surface area contributed by atoms with Crippen LogP contribution in [-0.2, 0) is 17.5 Å². The van der Waals surface area contributed by atoms with Crippen LogP contribution in [0.2, 0.25) is 0 Å². The van der Waals surface area contributed by atoms with E-state index in [2.05, 4.69) is 5.32 Å². The van der Waals surface area contributed by atoms with Gasteiger partial charge in [-0.25, -0.2) is 4.39 Å². The quantitative estimate of drug-likeness (QED) is 0.830. The van der Waals surface area contributed by atoms with Gasteiger partial charge < -0.3 is 5.32 Å². The molecule has 2 atom stereocenters. The van der Waals surface area contributed by atoms with E-state index in [0.717, 1.165) is 11.6 Å². The van der Waals surface area contributed by atoms with Crippen molar-refractivity contribution in [1.29, 1.82) is 0 Å². The van der Waals surface area contributed by atoms with Crippen LogP contribution >= 0.6 is 0 Å². The molecular weight excluding hydrogens is 322 g/mol. The molecule has 0 heterocycles. The van der Waals surface area contributed by atoms with Crippen LogP contribution in [-0.4, -0.2) is 5.91 Å². The Morgan fingerprint density at radius 1 is 1.08 bits per heavy atom. The Morgan fingerprint density at radius 3 is 2.42 bits per heavy atom. The first-order valence-corrected chi connectivity index (χ1v) is 7.54. The van der Waals surface area contributed by atoms with Crippen LogP contribution in [0, 0.1) is 11.7 Å². The Morgan fingerprint density at radius 2 is 1.75 bits per heavy atom. The fraction of sp³-hybridized carbons (Fsp3) is 0.278. The highest BCUT2D eigenvalue weighted by atomic mass is 19.4. The third kappa shape index (κ3) is 3.58. The van der Waals surface area contributed by atoms with Crippen LogP contribution in [0.5, 0.6) is 0 Å². The molecule has 6 heteroatoms. The largest absolute Gasteiger partial charge is 0.416 e. The minimum atomic E-state index is -4.42. The minimum absolute atomic E-state index is 0.173. The number of carbonyl (C=O) groups excluding carboxylic acids is 1. The maximum Gasteiger partial charge on any atom is 0.416 e. The van der Waals surface area contributed by atoms with Gasteiger partial charge in [0.1, 0.15) is 5.82 Å². The highest BCUT2D eigenvalue weighted by Crippen LogP contribution is 2.51. The molecule has 0 bridgehead atoms. The second-order valence-electron chi connectivity index (χ2n) is 5.88. The lowest BCUT2D eigenvalue weighted by Gasteiger charge is -2.12. The van der Waals surface area contributed by atoms with Crippen molar-refractivity contribution in [2.45, 2.75) is 25.1 Å². The molecule has 1 saturated carbocycles. The van der Waals surface area contributed by atoms with E-state index in [9.17, 15) is 22.4 Å². The number of alkyl halides is 3. The highest BCUT2D eigenvalue weighted by Gasteiger charge is 2.47. The third-order valence-corrected chi connectivity index (χ3v) is 4.17. The summed E-state index contributed by atoms with van der Waals surface area (Å²) >= 11 is 0. The van der Waals surface area contributed by atoms with Crippen LogP contribution in [0.1, 0.15) is 29.0 Å². The summed E-state index contributed by atoms with van der Waals surface area (Å²) < 4.78 is 51.9. The smallest absolute Gasteiger partial charge is 0.352 e. The SMILES string of the molecule is O=C(NCc1ccc(F)cc1)C1CC1c1ccccc1C(F)(F)F. The van der Waals surface area contributed by atoms with Crippen molar-refractivity contribution in [3.63, 3.8) is 0 Å². The minimum Gasteiger partial charge on any atom is -0.352 e. The van der Waals surface area contributed by atoms with Gasteiger partial charge in [-0.05, 0) is 41.7 Å². The molecule has 0 aromatic heterocycles. The summed E-state index contributed by atoms with van der Waals surface area (Å²) in [7, 11) is 0. The topological polar surface area (TPSA) is 29.1 Å². The number of hydrogen-bond acceptors (Lipinski definition) is 1. The van der Waals surface area contributed by atoms with Gasteiger partial charge in [-0.15, -0.1) is 0 Å². The van der Waals surface area contributed by atoms with E-state index in [-0.39, 0.29) is 23.8 Å². The van der Waals surface area contributed by atoms with Crippen molar-refractivity contribution in [2.75, 3.05) is 0 Å².